The van der Waals surface area contributed by atoms with Crippen LogP contribution in [0.15, 0.2) is 60.4 Å². The Bertz CT molecular complexity index is 1250. The summed E-state index contributed by atoms with van der Waals surface area (Å²) in [4.78, 5) is 25.8. The first-order valence-electron chi connectivity index (χ1n) is 10.7. The number of benzene rings is 3. The third-order valence-corrected chi connectivity index (χ3v) is 5.36. The zero-order valence-corrected chi connectivity index (χ0v) is 19.3. The Hall–Kier alpha value is -4.26. The SMILES string of the molecule is CCOc1ccc(/C=C2\Oc3c(ccc(OC(=O)c4c(OC)cccc4OC)c3C)C2=O)cc1. The molecule has 0 amide bonds. The Kier molecular flexibility index (Phi) is 6.54. The van der Waals surface area contributed by atoms with Crippen LogP contribution in [0.25, 0.3) is 6.08 Å². The highest BCUT2D eigenvalue weighted by Crippen LogP contribution is 2.40. The van der Waals surface area contributed by atoms with Gasteiger partial charge in [-0.05, 0) is 61.9 Å². The number of allylic oxidation sites excluding steroid dienone is 1. The first-order chi connectivity index (χ1) is 16.5. The van der Waals surface area contributed by atoms with Crippen molar-refractivity contribution >= 4 is 17.8 Å². The van der Waals surface area contributed by atoms with E-state index in [1.165, 1.54) is 14.2 Å². The molecule has 0 fully saturated rings. The zero-order valence-electron chi connectivity index (χ0n) is 19.3. The zero-order chi connectivity index (χ0) is 24.2. The molecule has 0 aliphatic carbocycles. The molecule has 34 heavy (non-hydrogen) atoms. The molecule has 0 saturated carbocycles. The molecular formula is C27H24O7. The molecule has 1 aliphatic rings. The Morgan fingerprint density at radius 1 is 0.941 bits per heavy atom. The van der Waals surface area contributed by atoms with Crippen molar-refractivity contribution in [2.75, 3.05) is 20.8 Å². The van der Waals surface area contributed by atoms with Gasteiger partial charge in [-0.15, -0.1) is 0 Å². The van der Waals surface area contributed by atoms with Gasteiger partial charge in [0.2, 0.25) is 5.78 Å². The van der Waals surface area contributed by atoms with Crippen LogP contribution in [0.1, 0.15) is 38.8 Å². The van der Waals surface area contributed by atoms with Gasteiger partial charge in [-0.1, -0.05) is 18.2 Å². The van der Waals surface area contributed by atoms with Crippen LogP contribution in [-0.2, 0) is 0 Å². The number of hydrogen-bond donors (Lipinski definition) is 0. The molecule has 0 saturated heterocycles. The maximum absolute atomic E-state index is 13.0. The molecule has 1 aliphatic heterocycles. The predicted octanol–water partition coefficient (Wildman–Crippen LogP) is 5.25. The lowest BCUT2D eigenvalue weighted by Crippen LogP contribution is -2.12. The molecule has 0 atom stereocenters. The van der Waals surface area contributed by atoms with Crippen molar-refractivity contribution in [1.82, 2.24) is 0 Å². The van der Waals surface area contributed by atoms with E-state index in [0.29, 0.717) is 35.0 Å². The molecule has 0 spiro atoms. The number of fused-ring (bicyclic) bond motifs is 1. The van der Waals surface area contributed by atoms with Crippen LogP contribution in [0.2, 0.25) is 0 Å². The van der Waals surface area contributed by atoms with E-state index in [1.807, 2.05) is 31.2 Å². The van der Waals surface area contributed by atoms with Crippen LogP contribution < -0.4 is 23.7 Å². The summed E-state index contributed by atoms with van der Waals surface area (Å²) in [5, 5.41) is 0. The predicted molar refractivity (Wildman–Crippen MR) is 126 cm³/mol. The van der Waals surface area contributed by atoms with Crippen molar-refractivity contribution in [3.8, 4) is 28.7 Å². The van der Waals surface area contributed by atoms with Crippen molar-refractivity contribution < 1.29 is 33.3 Å². The molecule has 0 N–H and O–H groups in total. The number of ether oxygens (including phenoxy) is 5. The minimum Gasteiger partial charge on any atom is -0.496 e. The van der Waals surface area contributed by atoms with Crippen LogP contribution in [0, 0.1) is 6.92 Å². The fraction of sp³-hybridized carbons (Fsp3) is 0.185. The van der Waals surface area contributed by atoms with Gasteiger partial charge in [-0.3, -0.25) is 4.79 Å². The highest BCUT2D eigenvalue weighted by atomic mass is 16.5. The van der Waals surface area contributed by atoms with Crippen LogP contribution >= 0.6 is 0 Å². The smallest absolute Gasteiger partial charge is 0.351 e. The Morgan fingerprint density at radius 2 is 1.62 bits per heavy atom. The van der Waals surface area contributed by atoms with Crippen molar-refractivity contribution in [2.24, 2.45) is 0 Å². The number of carbonyl (C=O) groups is 2. The Morgan fingerprint density at radius 3 is 2.24 bits per heavy atom. The molecule has 4 rings (SSSR count). The molecule has 3 aromatic rings. The highest BCUT2D eigenvalue weighted by molar-refractivity contribution is 6.15. The van der Waals surface area contributed by atoms with E-state index < -0.39 is 5.97 Å². The number of Topliss-reactive ketones (excluding diaryl/α,β-unsaturated/α-hetero) is 1. The Balaban J connectivity index is 1.60. The fourth-order valence-electron chi connectivity index (χ4n) is 3.66. The fourth-order valence-corrected chi connectivity index (χ4v) is 3.66. The van der Waals surface area contributed by atoms with Gasteiger partial charge >= 0.3 is 5.97 Å². The number of ketones is 1. The second-order valence-corrected chi connectivity index (χ2v) is 7.43. The summed E-state index contributed by atoms with van der Waals surface area (Å²) < 4.78 is 27.6. The molecule has 7 heteroatoms. The first kappa shape index (κ1) is 22.9. The molecule has 0 bridgehead atoms. The molecule has 174 valence electrons. The summed E-state index contributed by atoms with van der Waals surface area (Å²) >= 11 is 0. The van der Waals surface area contributed by atoms with Gasteiger partial charge in [0.15, 0.2) is 5.76 Å². The molecule has 0 unspecified atom stereocenters. The summed E-state index contributed by atoms with van der Waals surface area (Å²) in [7, 11) is 2.92. The van der Waals surface area contributed by atoms with E-state index in [4.69, 9.17) is 23.7 Å². The summed E-state index contributed by atoms with van der Waals surface area (Å²) in [6.45, 7) is 4.22. The molecule has 0 radical (unpaired) electrons. The van der Waals surface area contributed by atoms with E-state index in [1.54, 1.807) is 43.3 Å². The van der Waals surface area contributed by atoms with E-state index in [9.17, 15) is 9.59 Å². The van der Waals surface area contributed by atoms with Crippen LogP contribution in [0.3, 0.4) is 0 Å². The summed E-state index contributed by atoms with van der Waals surface area (Å²) in [6, 6.07) is 15.5. The Labute approximate surface area is 197 Å². The molecule has 1 heterocycles. The minimum absolute atomic E-state index is 0.167. The maximum Gasteiger partial charge on any atom is 0.351 e. The monoisotopic (exact) mass is 460 g/mol. The van der Waals surface area contributed by atoms with E-state index in [-0.39, 0.29) is 22.9 Å². The van der Waals surface area contributed by atoms with Gasteiger partial charge in [-0.25, -0.2) is 4.79 Å². The van der Waals surface area contributed by atoms with Gasteiger partial charge in [-0.2, -0.15) is 0 Å². The lowest BCUT2D eigenvalue weighted by Gasteiger charge is -2.14. The number of hydrogen-bond acceptors (Lipinski definition) is 7. The van der Waals surface area contributed by atoms with Gasteiger partial charge in [0.05, 0.1) is 26.4 Å². The van der Waals surface area contributed by atoms with Crippen molar-refractivity contribution in [1.29, 1.82) is 0 Å². The highest BCUT2D eigenvalue weighted by Gasteiger charge is 2.31. The van der Waals surface area contributed by atoms with Crippen LogP contribution in [0.4, 0.5) is 0 Å². The second-order valence-electron chi connectivity index (χ2n) is 7.43. The molecular weight excluding hydrogens is 436 g/mol. The third kappa shape index (κ3) is 4.32. The van der Waals surface area contributed by atoms with E-state index >= 15 is 0 Å². The third-order valence-electron chi connectivity index (χ3n) is 5.36. The second kappa shape index (κ2) is 9.70. The van der Waals surface area contributed by atoms with Crippen molar-refractivity contribution in [3.05, 3.63) is 82.6 Å². The number of esters is 1. The standard InChI is InChI=1S/C27H24O7/c1-5-32-18-11-9-17(10-12-18)15-23-25(28)19-13-14-20(16(2)26(19)33-23)34-27(29)24-21(30-3)7-6-8-22(24)31-4/h6-15H,5H2,1-4H3/b23-15-. The van der Waals surface area contributed by atoms with Gasteiger partial charge in [0, 0.05) is 5.56 Å². The number of methoxy groups -OCH3 is 2. The van der Waals surface area contributed by atoms with E-state index in [0.717, 1.165) is 11.3 Å². The number of rotatable bonds is 7. The minimum atomic E-state index is -0.646. The normalized spacial score (nSPS) is 13.3. The first-order valence-corrected chi connectivity index (χ1v) is 10.7. The van der Waals surface area contributed by atoms with Crippen LogP contribution in [-0.4, -0.2) is 32.6 Å². The molecule has 0 aromatic heterocycles. The number of carbonyl (C=O) groups excluding carboxylic acids is 2. The average molecular weight is 460 g/mol. The summed E-state index contributed by atoms with van der Waals surface area (Å²) in [5.41, 5.74) is 1.90. The largest absolute Gasteiger partial charge is 0.496 e. The van der Waals surface area contributed by atoms with Gasteiger partial charge in [0.25, 0.3) is 0 Å². The van der Waals surface area contributed by atoms with Crippen LogP contribution in [0.5, 0.6) is 28.7 Å². The van der Waals surface area contributed by atoms with Crippen molar-refractivity contribution in [2.45, 2.75) is 13.8 Å². The maximum atomic E-state index is 13.0. The average Bonchev–Trinajstić information content (AvgIpc) is 3.17. The quantitative estimate of drug-likeness (QED) is 0.271. The van der Waals surface area contributed by atoms with Crippen molar-refractivity contribution in [3.63, 3.8) is 0 Å². The lowest BCUT2D eigenvalue weighted by atomic mass is 10.1. The van der Waals surface area contributed by atoms with E-state index in [2.05, 4.69) is 0 Å². The molecule has 3 aromatic carbocycles. The topological polar surface area (TPSA) is 80.3 Å². The van der Waals surface area contributed by atoms with Gasteiger partial charge < -0.3 is 23.7 Å². The summed E-state index contributed by atoms with van der Waals surface area (Å²) in [6.07, 6.45) is 1.67. The van der Waals surface area contributed by atoms with Gasteiger partial charge in [0.1, 0.15) is 34.3 Å². The summed E-state index contributed by atoms with van der Waals surface area (Å²) in [5.74, 6) is 1.34. The molecule has 7 nitrogen and oxygen atoms in total. The lowest BCUT2D eigenvalue weighted by molar-refractivity contribution is 0.0726.